The summed E-state index contributed by atoms with van der Waals surface area (Å²) in [6.07, 6.45) is 5.33. The molecule has 0 unspecified atom stereocenters. The average Bonchev–Trinajstić information content (AvgIpc) is 2.98. The number of carbonyl (C=O) groups is 1. The Kier molecular flexibility index (Phi) is 5.17. The van der Waals surface area contributed by atoms with Crippen LogP contribution in [0.25, 0.3) is 0 Å². The van der Waals surface area contributed by atoms with Crippen molar-refractivity contribution in [1.29, 1.82) is 0 Å². The molecule has 0 saturated heterocycles. The smallest absolute Gasteiger partial charge is 0.220 e. The van der Waals surface area contributed by atoms with E-state index in [4.69, 9.17) is 4.74 Å². The Morgan fingerprint density at radius 2 is 2.20 bits per heavy atom. The van der Waals surface area contributed by atoms with Crippen LogP contribution in [0.2, 0.25) is 0 Å². The number of rotatable bonds is 7. The number of carbonyl (C=O) groups excluding carboxylic acids is 1. The molecule has 1 heterocycles. The lowest BCUT2D eigenvalue weighted by molar-refractivity contribution is -0.121. The number of H-pyrrole nitrogens is 1. The summed E-state index contributed by atoms with van der Waals surface area (Å²) in [7, 11) is 1.64. The number of imidazole rings is 1. The Labute approximate surface area is 118 Å². The third-order valence-electron chi connectivity index (χ3n) is 3.05. The lowest BCUT2D eigenvalue weighted by Gasteiger charge is -2.08. The van der Waals surface area contributed by atoms with Crippen molar-refractivity contribution in [3.63, 3.8) is 0 Å². The van der Waals surface area contributed by atoms with E-state index in [0.29, 0.717) is 25.8 Å². The average molecular weight is 273 g/mol. The molecule has 0 atom stereocenters. The number of nitrogens with one attached hydrogen (secondary N) is 2. The molecule has 0 bridgehead atoms. The molecule has 0 aliphatic heterocycles. The molecule has 5 nitrogen and oxygen atoms in total. The highest BCUT2D eigenvalue weighted by Gasteiger charge is 2.06. The lowest BCUT2D eigenvalue weighted by atomic mass is 10.1. The minimum atomic E-state index is 0.0439. The van der Waals surface area contributed by atoms with Gasteiger partial charge in [0.25, 0.3) is 0 Å². The van der Waals surface area contributed by atoms with Gasteiger partial charge in [-0.1, -0.05) is 18.2 Å². The summed E-state index contributed by atoms with van der Waals surface area (Å²) in [5, 5.41) is 2.89. The molecule has 0 spiro atoms. The number of amides is 1. The summed E-state index contributed by atoms with van der Waals surface area (Å²) in [5.41, 5.74) is 1.05. The number of benzene rings is 1. The molecule has 20 heavy (non-hydrogen) atoms. The number of hydrogen-bond donors (Lipinski definition) is 2. The van der Waals surface area contributed by atoms with E-state index in [0.717, 1.165) is 17.1 Å². The Morgan fingerprint density at radius 3 is 2.95 bits per heavy atom. The molecular formula is C15H19N3O2. The van der Waals surface area contributed by atoms with Crippen molar-refractivity contribution in [3.8, 4) is 5.75 Å². The van der Waals surface area contributed by atoms with Gasteiger partial charge in [0.15, 0.2) is 0 Å². The van der Waals surface area contributed by atoms with Crippen LogP contribution in [-0.2, 0) is 17.6 Å². The van der Waals surface area contributed by atoms with Gasteiger partial charge in [0.05, 0.1) is 7.11 Å². The summed E-state index contributed by atoms with van der Waals surface area (Å²) in [6.45, 7) is 0.596. The number of hydrogen-bond acceptors (Lipinski definition) is 3. The van der Waals surface area contributed by atoms with Gasteiger partial charge in [0.1, 0.15) is 11.6 Å². The maximum absolute atomic E-state index is 11.8. The van der Waals surface area contributed by atoms with Crippen molar-refractivity contribution in [2.45, 2.75) is 19.3 Å². The van der Waals surface area contributed by atoms with Crippen molar-refractivity contribution < 1.29 is 9.53 Å². The van der Waals surface area contributed by atoms with Crippen LogP contribution in [0.5, 0.6) is 5.75 Å². The first-order chi connectivity index (χ1) is 9.79. The predicted octanol–water partition coefficient (Wildman–Crippen LogP) is 1.71. The van der Waals surface area contributed by atoms with Crippen LogP contribution in [0.4, 0.5) is 0 Å². The van der Waals surface area contributed by atoms with Crippen molar-refractivity contribution in [3.05, 3.63) is 48.0 Å². The standard InChI is InChI=1S/C15H19N3O2/c1-20-13-5-3-2-4-12(13)6-7-15(19)18-9-8-14-16-10-11-17-14/h2-5,10-11H,6-9H2,1H3,(H,16,17)(H,18,19). The number of methoxy groups -OCH3 is 1. The van der Waals surface area contributed by atoms with Crippen molar-refractivity contribution >= 4 is 5.91 Å². The molecule has 2 aromatic rings. The minimum absolute atomic E-state index is 0.0439. The van der Waals surface area contributed by atoms with Gasteiger partial charge in [-0.15, -0.1) is 0 Å². The van der Waals surface area contributed by atoms with Gasteiger partial charge in [-0.2, -0.15) is 0 Å². The van der Waals surface area contributed by atoms with Crippen LogP contribution >= 0.6 is 0 Å². The van der Waals surface area contributed by atoms with E-state index < -0.39 is 0 Å². The van der Waals surface area contributed by atoms with Crippen LogP contribution in [0, 0.1) is 0 Å². The molecule has 0 aliphatic rings. The Bertz CT molecular complexity index is 538. The van der Waals surface area contributed by atoms with Crippen LogP contribution in [-0.4, -0.2) is 29.5 Å². The van der Waals surface area contributed by atoms with E-state index in [1.807, 2.05) is 24.3 Å². The quantitative estimate of drug-likeness (QED) is 0.807. The third-order valence-corrected chi connectivity index (χ3v) is 3.05. The van der Waals surface area contributed by atoms with Crippen molar-refractivity contribution in [1.82, 2.24) is 15.3 Å². The van der Waals surface area contributed by atoms with E-state index in [2.05, 4.69) is 15.3 Å². The number of para-hydroxylation sites is 1. The van der Waals surface area contributed by atoms with E-state index >= 15 is 0 Å². The number of aromatic amines is 1. The Balaban J connectivity index is 1.72. The van der Waals surface area contributed by atoms with Crippen LogP contribution in [0.1, 0.15) is 17.8 Å². The second-order valence-electron chi connectivity index (χ2n) is 4.45. The van der Waals surface area contributed by atoms with E-state index in [-0.39, 0.29) is 5.91 Å². The monoisotopic (exact) mass is 273 g/mol. The van der Waals surface area contributed by atoms with Crippen LogP contribution in [0.3, 0.4) is 0 Å². The molecule has 1 aromatic carbocycles. The Hall–Kier alpha value is -2.30. The molecule has 0 saturated carbocycles. The van der Waals surface area contributed by atoms with Gasteiger partial charge < -0.3 is 15.0 Å². The second-order valence-corrected chi connectivity index (χ2v) is 4.45. The molecule has 1 aromatic heterocycles. The molecular weight excluding hydrogens is 254 g/mol. The summed E-state index contributed by atoms with van der Waals surface area (Å²) in [5.74, 6) is 1.76. The van der Waals surface area contributed by atoms with Gasteiger partial charge in [0, 0.05) is 31.8 Å². The van der Waals surface area contributed by atoms with E-state index in [1.165, 1.54) is 0 Å². The maximum Gasteiger partial charge on any atom is 0.220 e. The molecule has 2 rings (SSSR count). The van der Waals surface area contributed by atoms with Gasteiger partial charge in [-0.3, -0.25) is 4.79 Å². The largest absolute Gasteiger partial charge is 0.496 e. The topological polar surface area (TPSA) is 67.0 Å². The van der Waals surface area contributed by atoms with Crippen LogP contribution < -0.4 is 10.1 Å². The highest BCUT2D eigenvalue weighted by molar-refractivity contribution is 5.76. The molecule has 0 radical (unpaired) electrons. The third kappa shape index (κ3) is 4.12. The molecule has 0 fully saturated rings. The zero-order valence-corrected chi connectivity index (χ0v) is 11.6. The van der Waals surface area contributed by atoms with E-state index in [9.17, 15) is 4.79 Å². The van der Waals surface area contributed by atoms with E-state index in [1.54, 1.807) is 19.5 Å². The van der Waals surface area contributed by atoms with Crippen molar-refractivity contribution in [2.24, 2.45) is 0 Å². The maximum atomic E-state index is 11.8. The number of nitrogens with zero attached hydrogens (tertiary/aromatic N) is 1. The second kappa shape index (κ2) is 7.33. The fourth-order valence-corrected chi connectivity index (χ4v) is 2.00. The zero-order chi connectivity index (χ0) is 14.2. The summed E-state index contributed by atoms with van der Waals surface area (Å²) >= 11 is 0. The normalized spacial score (nSPS) is 10.2. The predicted molar refractivity (Wildman–Crippen MR) is 76.6 cm³/mol. The first-order valence-electron chi connectivity index (χ1n) is 6.66. The first-order valence-corrected chi connectivity index (χ1v) is 6.66. The van der Waals surface area contributed by atoms with Gasteiger partial charge in [0.2, 0.25) is 5.91 Å². The van der Waals surface area contributed by atoms with Gasteiger partial charge >= 0.3 is 0 Å². The molecule has 5 heteroatoms. The lowest BCUT2D eigenvalue weighted by Crippen LogP contribution is -2.26. The van der Waals surface area contributed by atoms with Gasteiger partial charge in [-0.25, -0.2) is 4.98 Å². The fourth-order valence-electron chi connectivity index (χ4n) is 2.00. The molecule has 2 N–H and O–H groups in total. The number of aromatic nitrogens is 2. The highest BCUT2D eigenvalue weighted by atomic mass is 16.5. The molecule has 106 valence electrons. The van der Waals surface area contributed by atoms with Crippen molar-refractivity contribution in [2.75, 3.05) is 13.7 Å². The zero-order valence-electron chi connectivity index (χ0n) is 11.6. The summed E-state index contributed by atoms with van der Waals surface area (Å²) < 4.78 is 5.26. The first kappa shape index (κ1) is 14.1. The molecule has 1 amide bonds. The molecule has 0 aliphatic carbocycles. The summed E-state index contributed by atoms with van der Waals surface area (Å²) in [4.78, 5) is 18.9. The Morgan fingerprint density at radius 1 is 1.35 bits per heavy atom. The summed E-state index contributed by atoms with van der Waals surface area (Å²) in [6, 6.07) is 7.76. The van der Waals surface area contributed by atoms with Crippen LogP contribution in [0.15, 0.2) is 36.7 Å². The van der Waals surface area contributed by atoms with Gasteiger partial charge in [-0.05, 0) is 18.1 Å². The fraction of sp³-hybridized carbons (Fsp3) is 0.333. The number of ether oxygens (including phenoxy) is 1. The SMILES string of the molecule is COc1ccccc1CCC(=O)NCCc1ncc[nH]1. The highest BCUT2D eigenvalue weighted by Crippen LogP contribution is 2.18. The minimum Gasteiger partial charge on any atom is -0.496 e. The number of aryl methyl sites for hydroxylation is 1.